The van der Waals surface area contributed by atoms with Gasteiger partial charge in [0.15, 0.2) is 0 Å². The van der Waals surface area contributed by atoms with Crippen LogP contribution in [0.2, 0.25) is 5.02 Å². The van der Waals surface area contributed by atoms with Crippen LogP contribution in [0.15, 0.2) is 36.8 Å². The number of amides is 1. The zero-order valence-electron chi connectivity index (χ0n) is 24.6. The second-order valence-electron chi connectivity index (χ2n) is 11.3. The van der Waals surface area contributed by atoms with E-state index in [4.69, 9.17) is 25.8 Å². The number of hydrogen-bond donors (Lipinski definition) is 0. The van der Waals surface area contributed by atoms with Gasteiger partial charge < -0.3 is 19.1 Å². The molecule has 1 fully saturated rings. The summed E-state index contributed by atoms with van der Waals surface area (Å²) < 4.78 is 49.3. The SMILES string of the molecule is CCc1c(-c2cc(OCC(OC)c3ccc(F)cn3)c3c(Cl)cnn3c2)nnn1[C@@H]1CCN(C(=O)OC(C)(C)C)C[C@@H]1F. The lowest BCUT2D eigenvalue weighted by atomic mass is 10.0. The van der Waals surface area contributed by atoms with Crippen LogP contribution in [0.25, 0.3) is 16.8 Å². The van der Waals surface area contributed by atoms with E-state index in [2.05, 4.69) is 20.4 Å². The maximum absolute atomic E-state index is 15.5. The maximum atomic E-state index is 15.5. The lowest BCUT2D eigenvalue weighted by Gasteiger charge is -2.35. The second-order valence-corrected chi connectivity index (χ2v) is 11.7. The Hall–Kier alpha value is -3.84. The van der Waals surface area contributed by atoms with Gasteiger partial charge in [-0.05, 0) is 51.8 Å². The highest BCUT2D eigenvalue weighted by molar-refractivity contribution is 6.34. The van der Waals surface area contributed by atoms with Gasteiger partial charge in [-0.3, -0.25) is 4.98 Å². The van der Waals surface area contributed by atoms with E-state index < -0.39 is 35.8 Å². The summed E-state index contributed by atoms with van der Waals surface area (Å²) in [6, 6.07) is 4.02. The van der Waals surface area contributed by atoms with Crippen LogP contribution in [0.4, 0.5) is 13.6 Å². The van der Waals surface area contributed by atoms with Crippen molar-refractivity contribution in [1.82, 2.24) is 34.5 Å². The molecular weight excluding hydrogens is 584 g/mol. The quantitative estimate of drug-likeness (QED) is 0.250. The summed E-state index contributed by atoms with van der Waals surface area (Å²) in [5.41, 5.74) is 2.29. The molecule has 14 heteroatoms. The predicted molar refractivity (Wildman–Crippen MR) is 154 cm³/mol. The van der Waals surface area contributed by atoms with E-state index in [-0.39, 0.29) is 13.2 Å². The van der Waals surface area contributed by atoms with Gasteiger partial charge in [0.1, 0.15) is 47.3 Å². The largest absolute Gasteiger partial charge is 0.488 e. The Labute approximate surface area is 252 Å². The van der Waals surface area contributed by atoms with Crippen molar-refractivity contribution >= 4 is 23.2 Å². The molecule has 4 aromatic rings. The minimum atomic E-state index is -1.36. The van der Waals surface area contributed by atoms with Gasteiger partial charge in [0.25, 0.3) is 0 Å². The number of halogens is 3. The first-order chi connectivity index (χ1) is 20.5. The topological polar surface area (TPSA) is 109 Å². The Morgan fingerprint density at radius 1 is 1.26 bits per heavy atom. The number of hydrogen-bond acceptors (Lipinski definition) is 8. The molecule has 1 saturated heterocycles. The Morgan fingerprint density at radius 2 is 2.05 bits per heavy atom. The van der Waals surface area contributed by atoms with E-state index in [1.54, 1.807) is 42.2 Å². The molecule has 1 unspecified atom stereocenters. The molecule has 1 amide bonds. The van der Waals surface area contributed by atoms with Crippen LogP contribution < -0.4 is 4.74 Å². The summed E-state index contributed by atoms with van der Waals surface area (Å²) in [6.45, 7) is 7.56. The number of carbonyl (C=O) groups is 1. The van der Waals surface area contributed by atoms with E-state index in [0.29, 0.717) is 52.6 Å². The highest BCUT2D eigenvalue weighted by atomic mass is 35.5. The fourth-order valence-electron chi connectivity index (χ4n) is 5.10. The van der Waals surface area contributed by atoms with Crippen molar-refractivity contribution in [1.29, 1.82) is 0 Å². The number of alkyl halides is 1. The molecule has 0 aromatic carbocycles. The second kappa shape index (κ2) is 12.4. The van der Waals surface area contributed by atoms with E-state index in [1.165, 1.54) is 30.3 Å². The normalized spacial score (nSPS) is 18.2. The first kappa shape index (κ1) is 30.6. The van der Waals surface area contributed by atoms with Crippen molar-refractivity contribution in [2.75, 3.05) is 26.8 Å². The number of rotatable bonds is 8. The molecule has 4 aromatic heterocycles. The average molecular weight is 618 g/mol. The van der Waals surface area contributed by atoms with Crippen LogP contribution in [0.3, 0.4) is 0 Å². The van der Waals surface area contributed by atoms with Crippen LogP contribution in [-0.2, 0) is 15.9 Å². The van der Waals surface area contributed by atoms with Gasteiger partial charge in [-0.2, -0.15) is 5.10 Å². The smallest absolute Gasteiger partial charge is 0.410 e. The Morgan fingerprint density at radius 3 is 2.70 bits per heavy atom. The number of nitrogens with zero attached hydrogens (tertiary/aromatic N) is 7. The minimum Gasteiger partial charge on any atom is -0.488 e. The number of methoxy groups -OCH3 is 1. The molecule has 5 rings (SSSR count). The molecule has 0 bridgehead atoms. The molecule has 0 saturated carbocycles. The molecular formula is C29H34ClF2N7O4. The molecule has 0 spiro atoms. The van der Waals surface area contributed by atoms with Crippen molar-refractivity contribution < 1.29 is 27.8 Å². The van der Waals surface area contributed by atoms with Gasteiger partial charge in [-0.25, -0.2) is 22.8 Å². The number of likely N-dealkylation sites (tertiary alicyclic amines) is 1. The van der Waals surface area contributed by atoms with Gasteiger partial charge >= 0.3 is 6.09 Å². The Kier molecular flexibility index (Phi) is 8.84. The molecule has 0 radical (unpaired) electrons. The van der Waals surface area contributed by atoms with Crippen LogP contribution >= 0.6 is 11.6 Å². The average Bonchev–Trinajstić information content (AvgIpc) is 3.56. The van der Waals surface area contributed by atoms with Gasteiger partial charge in [0.05, 0.1) is 41.4 Å². The van der Waals surface area contributed by atoms with Crippen LogP contribution in [-0.4, -0.2) is 79.2 Å². The maximum Gasteiger partial charge on any atom is 0.410 e. The first-order valence-electron chi connectivity index (χ1n) is 14.0. The number of aromatic nitrogens is 6. The first-order valence-corrected chi connectivity index (χ1v) is 14.4. The molecule has 5 heterocycles. The third kappa shape index (κ3) is 6.57. The zero-order chi connectivity index (χ0) is 30.9. The summed E-state index contributed by atoms with van der Waals surface area (Å²) in [5, 5.41) is 13.5. The van der Waals surface area contributed by atoms with Crippen molar-refractivity contribution in [2.24, 2.45) is 0 Å². The fraction of sp³-hybridized carbons (Fsp3) is 0.483. The number of fused-ring (bicyclic) bond motifs is 1. The third-order valence-electron chi connectivity index (χ3n) is 7.16. The monoisotopic (exact) mass is 617 g/mol. The van der Waals surface area contributed by atoms with Crippen LogP contribution in [0, 0.1) is 5.82 Å². The Balaban J connectivity index is 1.41. The Bertz CT molecular complexity index is 1590. The molecule has 1 aliphatic heterocycles. The summed E-state index contributed by atoms with van der Waals surface area (Å²) in [6.07, 6.45) is 2.79. The highest BCUT2D eigenvalue weighted by Gasteiger charge is 2.36. The molecule has 0 aliphatic carbocycles. The van der Waals surface area contributed by atoms with Crippen LogP contribution in [0.1, 0.15) is 57.6 Å². The summed E-state index contributed by atoms with van der Waals surface area (Å²) in [4.78, 5) is 18.0. The van der Waals surface area contributed by atoms with E-state index in [9.17, 15) is 9.18 Å². The van der Waals surface area contributed by atoms with Gasteiger partial charge in [-0.1, -0.05) is 23.7 Å². The van der Waals surface area contributed by atoms with Gasteiger partial charge in [0, 0.05) is 25.4 Å². The number of piperidine rings is 1. The van der Waals surface area contributed by atoms with Crippen LogP contribution in [0.5, 0.6) is 5.75 Å². The van der Waals surface area contributed by atoms with Crippen molar-refractivity contribution in [3.05, 3.63) is 59.0 Å². The van der Waals surface area contributed by atoms with Crippen molar-refractivity contribution in [3.8, 4) is 17.0 Å². The number of pyridine rings is 2. The molecule has 3 atom stereocenters. The summed E-state index contributed by atoms with van der Waals surface area (Å²) in [5.74, 6) is -0.0396. The van der Waals surface area contributed by atoms with E-state index >= 15 is 4.39 Å². The molecule has 1 aliphatic rings. The zero-order valence-corrected chi connectivity index (χ0v) is 25.4. The molecule has 0 N–H and O–H groups in total. The van der Waals surface area contributed by atoms with Crippen molar-refractivity contribution in [2.45, 2.75) is 64.5 Å². The minimum absolute atomic E-state index is 0.0584. The highest BCUT2D eigenvalue weighted by Crippen LogP contribution is 2.35. The predicted octanol–water partition coefficient (Wildman–Crippen LogP) is 5.63. The van der Waals surface area contributed by atoms with E-state index in [0.717, 1.165) is 11.9 Å². The third-order valence-corrected chi connectivity index (χ3v) is 7.44. The van der Waals surface area contributed by atoms with E-state index in [1.807, 2.05) is 6.92 Å². The number of carbonyl (C=O) groups excluding carboxylic acids is 1. The lowest BCUT2D eigenvalue weighted by molar-refractivity contribution is 0.00540. The van der Waals surface area contributed by atoms with Gasteiger partial charge in [0.2, 0.25) is 0 Å². The molecule has 43 heavy (non-hydrogen) atoms. The standard InChI is InChI=1S/C29H34ClF2N7O4/c1-6-22-26(35-36-39(22)23-9-10-37(15-20(23)32)28(40)43-29(2,3)4)17-11-24(27-19(30)13-34-38(27)14-17)42-16-25(41-5)21-8-7-18(31)12-33-21/h7-8,11-14,20,23,25H,6,9-10,15-16H2,1-5H3/t20-,23+,25?/m0/s1. The summed E-state index contributed by atoms with van der Waals surface area (Å²) in [7, 11) is 1.51. The molecule has 11 nitrogen and oxygen atoms in total. The fourth-order valence-corrected chi connectivity index (χ4v) is 5.32. The summed E-state index contributed by atoms with van der Waals surface area (Å²) >= 11 is 6.45. The molecule has 230 valence electrons. The van der Waals surface area contributed by atoms with Gasteiger partial charge in [-0.15, -0.1) is 5.10 Å². The van der Waals surface area contributed by atoms with Crippen molar-refractivity contribution in [3.63, 3.8) is 0 Å². The number of ether oxygens (including phenoxy) is 3. The lowest BCUT2D eigenvalue weighted by Crippen LogP contribution is -2.47.